The quantitative estimate of drug-likeness (QED) is 0.237. The van der Waals surface area contributed by atoms with E-state index in [2.05, 4.69) is 24.3 Å². The van der Waals surface area contributed by atoms with Gasteiger partial charge in [-0.3, -0.25) is 9.59 Å². The fourth-order valence-corrected chi connectivity index (χ4v) is 4.05. The van der Waals surface area contributed by atoms with Crippen molar-refractivity contribution in [3.05, 3.63) is 120 Å². The van der Waals surface area contributed by atoms with Crippen molar-refractivity contribution in [2.75, 3.05) is 13.2 Å². The van der Waals surface area contributed by atoms with E-state index in [0.717, 1.165) is 33.4 Å². The monoisotopic (exact) mass is 508 g/mol. The maximum Gasteiger partial charge on any atom is 0.306 e. The van der Waals surface area contributed by atoms with Gasteiger partial charge in [-0.05, 0) is 46.2 Å². The molecule has 0 fully saturated rings. The molecular weight excluding hydrogens is 476 g/mol. The SMILES string of the molecule is O=C(CCc1ccc(-c2ccccc2)cc1)OCC(O)COC(=O)CCc1ccc(-c2ccccc2)cc1. The van der Waals surface area contributed by atoms with Crippen molar-refractivity contribution in [2.45, 2.75) is 31.8 Å². The molecule has 194 valence electrons. The van der Waals surface area contributed by atoms with Crippen molar-refractivity contribution in [3.63, 3.8) is 0 Å². The number of carbonyl (C=O) groups is 2. The number of hydrogen-bond donors (Lipinski definition) is 1. The van der Waals surface area contributed by atoms with Crippen molar-refractivity contribution >= 4 is 11.9 Å². The van der Waals surface area contributed by atoms with Gasteiger partial charge in [0.2, 0.25) is 0 Å². The molecule has 0 atom stereocenters. The Morgan fingerprint density at radius 1 is 0.526 bits per heavy atom. The molecule has 1 N–H and O–H groups in total. The number of aliphatic hydroxyl groups is 1. The molecule has 0 spiro atoms. The minimum atomic E-state index is -1.06. The molecule has 4 rings (SSSR count). The molecule has 5 nitrogen and oxygen atoms in total. The Labute approximate surface area is 223 Å². The van der Waals surface area contributed by atoms with Crippen molar-refractivity contribution in [3.8, 4) is 22.3 Å². The first-order chi connectivity index (χ1) is 18.6. The number of esters is 2. The van der Waals surface area contributed by atoms with Crippen LogP contribution in [0.25, 0.3) is 22.3 Å². The zero-order chi connectivity index (χ0) is 26.6. The molecule has 4 aromatic carbocycles. The lowest BCUT2D eigenvalue weighted by atomic mass is 10.0. The van der Waals surface area contributed by atoms with E-state index in [4.69, 9.17) is 9.47 Å². The standard InChI is InChI=1S/C33H32O5/c34-31(23-37-32(35)21-15-25-11-17-29(18-12-25)27-7-3-1-4-8-27)24-38-33(36)22-16-26-13-19-30(20-14-26)28-9-5-2-6-10-28/h1-14,17-20,31,34H,15-16,21-24H2. The third-order valence-corrected chi connectivity index (χ3v) is 6.23. The van der Waals surface area contributed by atoms with Crippen molar-refractivity contribution in [1.82, 2.24) is 0 Å². The Bertz CT molecular complexity index is 1180. The van der Waals surface area contributed by atoms with Crippen LogP contribution in [0.1, 0.15) is 24.0 Å². The van der Waals surface area contributed by atoms with Crippen LogP contribution in [-0.4, -0.2) is 36.4 Å². The molecule has 0 unspecified atom stereocenters. The van der Waals surface area contributed by atoms with Gasteiger partial charge in [0, 0.05) is 12.8 Å². The molecule has 4 aromatic rings. The van der Waals surface area contributed by atoms with Gasteiger partial charge in [0.25, 0.3) is 0 Å². The number of aryl methyl sites for hydroxylation is 2. The van der Waals surface area contributed by atoms with Crippen LogP contribution in [0.15, 0.2) is 109 Å². The normalized spacial score (nSPS) is 10.8. The van der Waals surface area contributed by atoms with Gasteiger partial charge in [-0.1, -0.05) is 109 Å². The fourth-order valence-electron chi connectivity index (χ4n) is 4.05. The molecular formula is C33H32O5. The number of aliphatic hydroxyl groups excluding tert-OH is 1. The third kappa shape index (κ3) is 8.43. The van der Waals surface area contributed by atoms with Crippen LogP contribution in [-0.2, 0) is 31.9 Å². The zero-order valence-electron chi connectivity index (χ0n) is 21.3. The molecule has 0 bridgehead atoms. The highest BCUT2D eigenvalue weighted by Crippen LogP contribution is 2.21. The summed E-state index contributed by atoms with van der Waals surface area (Å²) >= 11 is 0. The first-order valence-corrected chi connectivity index (χ1v) is 12.8. The maximum atomic E-state index is 12.1. The molecule has 0 aliphatic carbocycles. The van der Waals surface area contributed by atoms with E-state index in [1.54, 1.807) is 0 Å². The summed E-state index contributed by atoms with van der Waals surface area (Å²) in [4.78, 5) is 24.2. The molecule has 38 heavy (non-hydrogen) atoms. The topological polar surface area (TPSA) is 72.8 Å². The van der Waals surface area contributed by atoms with Crippen molar-refractivity contribution in [2.24, 2.45) is 0 Å². The van der Waals surface area contributed by atoms with Crippen LogP contribution < -0.4 is 0 Å². The van der Waals surface area contributed by atoms with E-state index in [1.807, 2.05) is 84.9 Å². The largest absolute Gasteiger partial charge is 0.463 e. The van der Waals surface area contributed by atoms with Gasteiger partial charge in [0.05, 0.1) is 0 Å². The molecule has 0 aliphatic heterocycles. The molecule has 0 saturated carbocycles. The smallest absolute Gasteiger partial charge is 0.306 e. The zero-order valence-corrected chi connectivity index (χ0v) is 21.3. The Morgan fingerprint density at radius 3 is 1.24 bits per heavy atom. The maximum absolute atomic E-state index is 12.1. The van der Waals surface area contributed by atoms with Crippen molar-refractivity contribution in [1.29, 1.82) is 0 Å². The van der Waals surface area contributed by atoms with Gasteiger partial charge in [0.1, 0.15) is 19.3 Å². The second-order valence-corrected chi connectivity index (χ2v) is 9.15. The average Bonchev–Trinajstić information content (AvgIpc) is 2.98. The Balaban J connectivity index is 1.10. The predicted molar refractivity (Wildman–Crippen MR) is 148 cm³/mol. The van der Waals surface area contributed by atoms with Crippen molar-refractivity contribution < 1.29 is 24.2 Å². The molecule has 0 aliphatic rings. The fraction of sp³-hybridized carbons (Fsp3) is 0.212. The highest BCUT2D eigenvalue weighted by molar-refractivity contribution is 5.71. The van der Waals surface area contributed by atoms with Crippen LogP contribution in [0.3, 0.4) is 0 Å². The third-order valence-electron chi connectivity index (χ3n) is 6.23. The number of ether oxygens (including phenoxy) is 2. The first-order valence-electron chi connectivity index (χ1n) is 12.8. The minimum Gasteiger partial charge on any atom is -0.463 e. The van der Waals surface area contributed by atoms with Gasteiger partial charge < -0.3 is 14.6 Å². The predicted octanol–water partition coefficient (Wildman–Crippen LogP) is 6.03. The van der Waals surface area contributed by atoms with E-state index >= 15 is 0 Å². The van der Waals surface area contributed by atoms with E-state index in [1.165, 1.54) is 0 Å². The van der Waals surface area contributed by atoms with Gasteiger partial charge in [-0.2, -0.15) is 0 Å². The van der Waals surface area contributed by atoms with Crippen LogP contribution in [0.5, 0.6) is 0 Å². The van der Waals surface area contributed by atoms with Crippen LogP contribution in [0.4, 0.5) is 0 Å². The molecule has 0 radical (unpaired) electrons. The average molecular weight is 509 g/mol. The second kappa shape index (κ2) is 13.9. The van der Waals surface area contributed by atoms with Crippen LogP contribution in [0, 0.1) is 0 Å². The Kier molecular flexibility index (Phi) is 9.82. The summed E-state index contributed by atoms with van der Waals surface area (Å²) in [5.74, 6) is -0.803. The van der Waals surface area contributed by atoms with E-state index in [9.17, 15) is 14.7 Å². The summed E-state index contributed by atoms with van der Waals surface area (Å²) in [5, 5.41) is 10.0. The summed E-state index contributed by atoms with van der Waals surface area (Å²) in [5.41, 5.74) is 6.60. The summed E-state index contributed by atoms with van der Waals surface area (Å²) in [6.07, 6.45) is 0.454. The van der Waals surface area contributed by atoms with Gasteiger partial charge >= 0.3 is 11.9 Å². The molecule has 5 heteroatoms. The van der Waals surface area contributed by atoms with E-state index in [-0.39, 0.29) is 26.1 Å². The van der Waals surface area contributed by atoms with Gasteiger partial charge in [-0.15, -0.1) is 0 Å². The number of carbonyl (C=O) groups excluding carboxylic acids is 2. The number of hydrogen-bond acceptors (Lipinski definition) is 5. The molecule has 0 amide bonds. The Hall–Kier alpha value is -4.22. The lowest BCUT2D eigenvalue weighted by molar-refractivity contribution is -0.152. The van der Waals surface area contributed by atoms with Gasteiger partial charge in [0.15, 0.2) is 0 Å². The Morgan fingerprint density at radius 2 is 0.868 bits per heavy atom. The summed E-state index contributed by atoms with van der Waals surface area (Å²) < 4.78 is 10.3. The summed E-state index contributed by atoms with van der Waals surface area (Å²) in [6.45, 7) is -0.417. The highest BCUT2D eigenvalue weighted by Gasteiger charge is 2.13. The number of benzene rings is 4. The van der Waals surface area contributed by atoms with E-state index < -0.39 is 18.0 Å². The lowest BCUT2D eigenvalue weighted by Crippen LogP contribution is -2.25. The highest BCUT2D eigenvalue weighted by atomic mass is 16.6. The minimum absolute atomic E-state index is 0.208. The second-order valence-electron chi connectivity index (χ2n) is 9.15. The molecule has 0 heterocycles. The molecule has 0 saturated heterocycles. The van der Waals surface area contributed by atoms with E-state index in [0.29, 0.717) is 12.8 Å². The van der Waals surface area contributed by atoms with Crippen LogP contribution in [0.2, 0.25) is 0 Å². The number of rotatable bonds is 12. The summed E-state index contributed by atoms with van der Waals surface area (Å²) in [6, 6.07) is 36.3. The van der Waals surface area contributed by atoms with Crippen LogP contribution >= 0.6 is 0 Å². The molecule has 0 aromatic heterocycles. The lowest BCUT2D eigenvalue weighted by Gasteiger charge is -2.12. The van der Waals surface area contributed by atoms with Gasteiger partial charge in [-0.25, -0.2) is 0 Å². The summed E-state index contributed by atoms with van der Waals surface area (Å²) in [7, 11) is 0. The first kappa shape index (κ1) is 26.8.